The monoisotopic (exact) mass is 257 g/mol. The maximum atomic E-state index is 9.24. The molecule has 0 saturated carbocycles. The van der Waals surface area contributed by atoms with Crippen molar-refractivity contribution >= 4 is 0 Å². The zero-order valence-corrected chi connectivity index (χ0v) is 11.9. The van der Waals surface area contributed by atoms with Gasteiger partial charge < -0.3 is 0 Å². The minimum atomic E-state index is 0.0684. The topological polar surface area (TPSA) is 30.3 Å². The molecule has 1 fully saturated rings. The van der Waals surface area contributed by atoms with Gasteiger partial charge in [-0.1, -0.05) is 44.2 Å². The molecule has 0 aliphatic carbocycles. The second-order valence-corrected chi connectivity index (χ2v) is 5.62. The summed E-state index contributed by atoms with van der Waals surface area (Å²) in [6.45, 7) is 9.40. The molecule has 0 N–H and O–H groups in total. The molecule has 1 aromatic rings. The molecule has 1 aliphatic heterocycles. The van der Waals surface area contributed by atoms with Crippen LogP contribution >= 0.6 is 0 Å². The van der Waals surface area contributed by atoms with Crippen LogP contribution in [-0.2, 0) is 6.54 Å². The van der Waals surface area contributed by atoms with E-state index in [1.807, 2.05) is 0 Å². The number of nitriles is 1. The Balaban J connectivity index is 1.84. The van der Waals surface area contributed by atoms with Crippen molar-refractivity contribution in [2.75, 3.05) is 26.2 Å². The van der Waals surface area contributed by atoms with E-state index in [-0.39, 0.29) is 6.04 Å². The van der Waals surface area contributed by atoms with Crippen LogP contribution in [-0.4, -0.2) is 42.0 Å². The summed E-state index contributed by atoms with van der Waals surface area (Å²) in [5, 5.41) is 9.24. The zero-order chi connectivity index (χ0) is 13.7. The first-order chi connectivity index (χ1) is 9.20. The summed E-state index contributed by atoms with van der Waals surface area (Å²) in [7, 11) is 0. The molecule has 0 aromatic heterocycles. The van der Waals surface area contributed by atoms with Gasteiger partial charge in [-0.2, -0.15) is 5.26 Å². The summed E-state index contributed by atoms with van der Waals surface area (Å²) < 4.78 is 0. The van der Waals surface area contributed by atoms with Crippen LogP contribution in [0.2, 0.25) is 0 Å². The van der Waals surface area contributed by atoms with E-state index in [4.69, 9.17) is 0 Å². The largest absolute Gasteiger partial charge is 0.297 e. The molecular weight excluding hydrogens is 234 g/mol. The average molecular weight is 257 g/mol. The van der Waals surface area contributed by atoms with Crippen LogP contribution < -0.4 is 0 Å². The van der Waals surface area contributed by atoms with Crippen molar-refractivity contribution in [3.05, 3.63) is 35.9 Å². The van der Waals surface area contributed by atoms with Gasteiger partial charge in [0.2, 0.25) is 0 Å². The third kappa shape index (κ3) is 3.79. The second-order valence-electron chi connectivity index (χ2n) is 5.62. The minimum Gasteiger partial charge on any atom is -0.297 e. The highest BCUT2D eigenvalue weighted by atomic mass is 15.3. The number of piperazine rings is 1. The molecule has 0 spiro atoms. The maximum absolute atomic E-state index is 9.24. The first-order valence-electron chi connectivity index (χ1n) is 7.10. The summed E-state index contributed by atoms with van der Waals surface area (Å²) in [5.74, 6) is 0.408. The van der Waals surface area contributed by atoms with Gasteiger partial charge in [0.15, 0.2) is 0 Å². The van der Waals surface area contributed by atoms with Crippen LogP contribution in [0.4, 0.5) is 0 Å². The zero-order valence-electron chi connectivity index (χ0n) is 11.9. The Hall–Kier alpha value is -1.37. The molecule has 0 amide bonds. The van der Waals surface area contributed by atoms with Crippen LogP contribution in [0.5, 0.6) is 0 Å². The van der Waals surface area contributed by atoms with Crippen molar-refractivity contribution < 1.29 is 0 Å². The molecule has 1 aliphatic rings. The lowest BCUT2D eigenvalue weighted by atomic mass is 10.0. The van der Waals surface area contributed by atoms with Gasteiger partial charge in [-0.15, -0.1) is 0 Å². The molecule has 1 unspecified atom stereocenters. The highest BCUT2D eigenvalue weighted by Gasteiger charge is 2.25. The number of nitrogens with zero attached hydrogens (tertiary/aromatic N) is 3. The highest BCUT2D eigenvalue weighted by Crippen LogP contribution is 2.14. The van der Waals surface area contributed by atoms with E-state index in [1.165, 1.54) is 5.56 Å². The van der Waals surface area contributed by atoms with Crippen LogP contribution in [0.1, 0.15) is 19.4 Å². The van der Waals surface area contributed by atoms with Crippen LogP contribution in [0, 0.1) is 17.2 Å². The summed E-state index contributed by atoms with van der Waals surface area (Å²) in [5.41, 5.74) is 1.37. The molecule has 0 radical (unpaired) electrons. The molecule has 2 rings (SSSR count). The first kappa shape index (κ1) is 14.0. The minimum absolute atomic E-state index is 0.0684. The summed E-state index contributed by atoms with van der Waals surface area (Å²) in [6, 6.07) is 13.1. The smallest absolute Gasteiger partial charge is 0.100 e. The molecule has 19 heavy (non-hydrogen) atoms. The normalized spacial score (nSPS) is 19.3. The van der Waals surface area contributed by atoms with Crippen molar-refractivity contribution in [2.24, 2.45) is 5.92 Å². The van der Waals surface area contributed by atoms with Gasteiger partial charge in [0.1, 0.15) is 6.04 Å². The molecule has 1 heterocycles. The van der Waals surface area contributed by atoms with Crippen molar-refractivity contribution in [3.63, 3.8) is 0 Å². The van der Waals surface area contributed by atoms with Crippen molar-refractivity contribution in [3.8, 4) is 6.07 Å². The van der Waals surface area contributed by atoms with Gasteiger partial charge in [-0.25, -0.2) is 0 Å². The Bertz CT molecular complexity index is 413. The van der Waals surface area contributed by atoms with E-state index < -0.39 is 0 Å². The fourth-order valence-corrected chi connectivity index (χ4v) is 2.69. The lowest BCUT2D eigenvalue weighted by Gasteiger charge is -2.38. The van der Waals surface area contributed by atoms with Gasteiger partial charge in [0.05, 0.1) is 6.07 Å². The molecular formula is C16H23N3. The van der Waals surface area contributed by atoms with Crippen LogP contribution in [0.3, 0.4) is 0 Å². The highest BCUT2D eigenvalue weighted by molar-refractivity contribution is 5.14. The second kappa shape index (κ2) is 6.70. The van der Waals surface area contributed by atoms with E-state index in [2.05, 4.69) is 60.0 Å². The van der Waals surface area contributed by atoms with Crippen molar-refractivity contribution in [2.45, 2.75) is 26.4 Å². The summed E-state index contributed by atoms with van der Waals surface area (Å²) in [4.78, 5) is 4.80. The lowest BCUT2D eigenvalue weighted by molar-refractivity contribution is 0.0941. The van der Waals surface area contributed by atoms with Crippen LogP contribution in [0.15, 0.2) is 30.3 Å². The number of hydrogen-bond donors (Lipinski definition) is 0. The fraction of sp³-hybridized carbons (Fsp3) is 0.562. The predicted octanol–water partition coefficient (Wildman–Crippen LogP) is 2.35. The molecule has 1 saturated heterocycles. The quantitative estimate of drug-likeness (QED) is 0.829. The number of rotatable bonds is 4. The van der Waals surface area contributed by atoms with Crippen LogP contribution in [0.25, 0.3) is 0 Å². The van der Waals surface area contributed by atoms with Gasteiger partial charge in [0, 0.05) is 32.7 Å². The van der Waals surface area contributed by atoms with Gasteiger partial charge in [-0.05, 0) is 11.5 Å². The molecule has 102 valence electrons. The van der Waals surface area contributed by atoms with Crippen molar-refractivity contribution in [1.29, 1.82) is 5.26 Å². The Morgan fingerprint density at radius 2 is 1.74 bits per heavy atom. The Labute approximate surface area is 116 Å². The van der Waals surface area contributed by atoms with E-state index in [9.17, 15) is 5.26 Å². The Morgan fingerprint density at radius 3 is 2.26 bits per heavy atom. The summed E-state index contributed by atoms with van der Waals surface area (Å²) in [6.07, 6.45) is 0. The van der Waals surface area contributed by atoms with E-state index in [0.717, 1.165) is 32.7 Å². The van der Waals surface area contributed by atoms with E-state index in [1.54, 1.807) is 0 Å². The third-order valence-corrected chi connectivity index (χ3v) is 3.81. The third-order valence-electron chi connectivity index (χ3n) is 3.81. The average Bonchev–Trinajstić information content (AvgIpc) is 2.42. The number of hydrogen-bond acceptors (Lipinski definition) is 3. The molecule has 1 atom stereocenters. The molecule has 3 nitrogen and oxygen atoms in total. The number of benzene rings is 1. The predicted molar refractivity (Wildman–Crippen MR) is 77.5 cm³/mol. The Morgan fingerprint density at radius 1 is 1.11 bits per heavy atom. The molecule has 3 heteroatoms. The van der Waals surface area contributed by atoms with E-state index >= 15 is 0 Å². The van der Waals surface area contributed by atoms with Gasteiger partial charge in [0.25, 0.3) is 0 Å². The SMILES string of the molecule is CC(C)C(C#N)N1CCN(Cc2ccccc2)CC1. The maximum Gasteiger partial charge on any atom is 0.100 e. The first-order valence-corrected chi connectivity index (χ1v) is 7.10. The Kier molecular flexibility index (Phi) is 4.95. The van der Waals surface area contributed by atoms with Crippen molar-refractivity contribution in [1.82, 2.24) is 9.80 Å². The van der Waals surface area contributed by atoms with Gasteiger partial charge >= 0.3 is 0 Å². The van der Waals surface area contributed by atoms with Gasteiger partial charge in [-0.3, -0.25) is 9.80 Å². The molecule has 0 bridgehead atoms. The molecule has 1 aromatic carbocycles. The lowest BCUT2D eigenvalue weighted by Crippen LogP contribution is -2.51. The fourth-order valence-electron chi connectivity index (χ4n) is 2.69. The standard InChI is InChI=1S/C16H23N3/c1-14(2)16(12-17)19-10-8-18(9-11-19)13-15-6-4-3-5-7-15/h3-7,14,16H,8-11,13H2,1-2H3. The summed E-state index contributed by atoms with van der Waals surface area (Å²) >= 11 is 0. The van der Waals surface area contributed by atoms with E-state index in [0.29, 0.717) is 5.92 Å².